The summed E-state index contributed by atoms with van der Waals surface area (Å²) in [6.45, 7) is 3.18. The van der Waals surface area contributed by atoms with Crippen molar-refractivity contribution < 1.29 is 19.1 Å². The lowest BCUT2D eigenvalue weighted by Crippen LogP contribution is -2.52. The molecular weight excluding hydrogens is 273 g/mol. The van der Waals surface area contributed by atoms with Crippen molar-refractivity contribution in [1.82, 2.24) is 5.32 Å². The molecule has 104 valence electrons. The van der Waals surface area contributed by atoms with Gasteiger partial charge in [-0.3, -0.25) is 4.79 Å². The van der Waals surface area contributed by atoms with Crippen LogP contribution in [0.25, 0.3) is 0 Å². The summed E-state index contributed by atoms with van der Waals surface area (Å²) < 4.78 is 13.6. The molecule has 1 unspecified atom stereocenters. The number of halogens is 2. The molecule has 6 heteroatoms. The molecular formula is C13H15ClFNO3. The van der Waals surface area contributed by atoms with E-state index in [1.54, 1.807) is 6.92 Å². The predicted octanol–water partition coefficient (Wildman–Crippen LogP) is 2.85. The van der Waals surface area contributed by atoms with Crippen LogP contribution in [0.4, 0.5) is 4.39 Å². The number of carbonyl (C=O) groups excluding carboxylic acids is 1. The van der Waals surface area contributed by atoms with Gasteiger partial charge in [0, 0.05) is 0 Å². The Labute approximate surface area is 115 Å². The fourth-order valence-electron chi connectivity index (χ4n) is 1.75. The van der Waals surface area contributed by atoms with Gasteiger partial charge in [0.1, 0.15) is 11.4 Å². The fourth-order valence-corrected chi connectivity index (χ4v) is 2.00. The van der Waals surface area contributed by atoms with Crippen LogP contribution in [0.2, 0.25) is 5.02 Å². The first-order chi connectivity index (χ1) is 8.81. The molecule has 0 aliphatic carbocycles. The number of carboxylic acids is 1. The van der Waals surface area contributed by atoms with Crippen LogP contribution in [0.1, 0.15) is 37.0 Å². The number of benzene rings is 1. The Morgan fingerprint density at radius 3 is 2.58 bits per heavy atom. The van der Waals surface area contributed by atoms with Crippen molar-refractivity contribution >= 4 is 23.5 Å². The van der Waals surface area contributed by atoms with Crippen molar-refractivity contribution in [2.24, 2.45) is 0 Å². The molecule has 0 heterocycles. The third-order valence-electron chi connectivity index (χ3n) is 2.80. The zero-order valence-corrected chi connectivity index (χ0v) is 11.4. The van der Waals surface area contributed by atoms with Crippen LogP contribution in [-0.2, 0) is 4.79 Å². The Bertz CT molecular complexity index is 486. The lowest BCUT2D eigenvalue weighted by atomic mass is 9.95. The van der Waals surface area contributed by atoms with Gasteiger partial charge in [-0.05, 0) is 25.5 Å². The molecule has 0 aliphatic rings. The van der Waals surface area contributed by atoms with Gasteiger partial charge in [0.15, 0.2) is 0 Å². The first-order valence-corrected chi connectivity index (χ1v) is 6.19. The summed E-state index contributed by atoms with van der Waals surface area (Å²) >= 11 is 5.76. The van der Waals surface area contributed by atoms with E-state index in [9.17, 15) is 14.0 Å². The minimum absolute atomic E-state index is 0.0539. The number of aliphatic carboxylic acids is 1. The highest BCUT2D eigenvalue weighted by Gasteiger charge is 2.35. The van der Waals surface area contributed by atoms with Crippen molar-refractivity contribution in [3.63, 3.8) is 0 Å². The van der Waals surface area contributed by atoms with Gasteiger partial charge in [0.2, 0.25) is 0 Å². The van der Waals surface area contributed by atoms with Crippen LogP contribution in [-0.4, -0.2) is 22.5 Å². The Hall–Kier alpha value is -1.62. The van der Waals surface area contributed by atoms with Gasteiger partial charge in [-0.1, -0.05) is 31.0 Å². The number of amides is 1. The van der Waals surface area contributed by atoms with Crippen LogP contribution in [0.3, 0.4) is 0 Å². The highest BCUT2D eigenvalue weighted by atomic mass is 35.5. The highest BCUT2D eigenvalue weighted by Crippen LogP contribution is 2.21. The van der Waals surface area contributed by atoms with E-state index in [2.05, 4.69) is 5.32 Å². The number of carbonyl (C=O) groups is 2. The van der Waals surface area contributed by atoms with Gasteiger partial charge in [-0.2, -0.15) is 0 Å². The SMILES string of the molecule is CCCC(C)(NC(=O)c1c(F)cccc1Cl)C(=O)O. The van der Waals surface area contributed by atoms with Gasteiger partial charge in [-0.15, -0.1) is 0 Å². The van der Waals surface area contributed by atoms with Crippen molar-refractivity contribution in [2.45, 2.75) is 32.2 Å². The summed E-state index contributed by atoms with van der Waals surface area (Å²) in [5, 5.41) is 11.4. The first kappa shape index (κ1) is 15.4. The molecule has 19 heavy (non-hydrogen) atoms. The molecule has 0 radical (unpaired) electrons. The Balaban J connectivity index is 3.04. The fraction of sp³-hybridized carbons (Fsp3) is 0.385. The van der Waals surface area contributed by atoms with Gasteiger partial charge >= 0.3 is 5.97 Å². The molecule has 2 N–H and O–H groups in total. The molecule has 1 atom stereocenters. The molecule has 1 rings (SSSR count). The largest absolute Gasteiger partial charge is 0.480 e. The van der Waals surface area contributed by atoms with E-state index in [1.807, 2.05) is 0 Å². The third kappa shape index (κ3) is 3.44. The standard InChI is InChI=1S/C13H15ClFNO3/c1-3-7-13(2,12(18)19)16-11(17)10-8(14)5-4-6-9(10)15/h4-6H,3,7H2,1-2H3,(H,16,17)(H,18,19). The van der Waals surface area contributed by atoms with E-state index < -0.39 is 23.2 Å². The Morgan fingerprint density at radius 1 is 1.47 bits per heavy atom. The summed E-state index contributed by atoms with van der Waals surface area (Å²) in [6.07, 6.45) is 0.800. The molecule has 0 spiro atoms. The predicted molar refractivity (Wildman–Crippen MR) is 69.8 cm³/mol. The van der Waals surface area contributed by atoms with E-state index in [1.165, 1.54) is 19.1 Å². The average Bonchev–Trinajstić information content (AvgIpc) is 2.28. The van der Waals surface area contributed by atoms with Crippen molar-refractivity contribution in [3.05, 3.63) is 34.6 Å². The maximum atomic E-state index is 13.6. The minimum atomic E-state index is -1.45. The maximum absolute atomic E-state index is 13.6. The smallest absolute Gasteiger partial charge is 0.329 e. The topological polar surface area (TPSA) is 66.4 Å². The molecule has 0 saturated carbocycles. The van der Waals surface area contributed by atoms with Gasteiger partial charge in [0.25, 0.3) is 5.91 Å². The number of rotatable bonds is 5. The number of hydrogen-bond acceptors (Lipinski definition) is 2. The highest BCUT2D eigenvalue weighted by molar-refractivity contribution is 6.33. The lowest BCUT2D eigenvalue weighted by Gasteiger charge is -2.26. The van der Waals surface area contributed by atoms with E-state index in [-0.39, 0.29) is 17.0 Å². The molecule has 1 aromatic rings. The maximum Gasteiger partial charge on any atom is 0.329 e. The summed E-state index contributed by atoms with van der Waals surface area (Å²) in [4.78, 5) is 23.2. The van der Waals surface area contributed by atoms with Crippen molar-refractivity contribution in [2.75, 3.05) is 0 Å². The second kappa shape index (κ2) is 6.02. The Kier molecular flexibility index (Phi) is 4.89. The molecule has 1 aromatic carbocycles. The number of carboxylic acid groups (broad SMARTS) is 1. The monoisotopic (exact) mass is 287 g/mol. The molecule has 0 aromatic heterocycles. The summed E-state index contributed by atoms with van der Waals surface area (Å²) in [5.74, 6) is -2.79. The second-order valence-corrected chi connectivity index (χ2v) is 4.85. The molecule has 4 nitrogen and oxygen atoms in total. The minimum Gasteiger partial charge on any atom is -0.480 e. The van der Waals surface area contributed by atoms with Crippen molar-refractivity contribution in [3.8, 4) is 0 Å². The van der Waals surface area contributed by atoms with Gasteiger partial charge < -0.3 is 10.4 Å². The zero-order valence-electron chi connectivity index (χ0n) is 10.7. The van der Waals surface area contributed by atoms with Crippen molar-refractivity contribution in [1.29, 1.82) is 0 Å². The molecule has 1 amide bonds. The van der Waals surface area contributed by atoms with Crippen LogP contribution in [0, 0.1) is 5.82 Å². The van der Waals surface area contributed by atoms with E-state index in [0.717, 1.165) is 6.07 Å². The van der Waals surface area contributed by atoms with E-state index >= 15 is 0 Å². The zero-order chi connectivity index (χ0) is 14.6. The van der Waals surface area contributed by atoms with E-state index in [4.69, 9.17) is 16.7 Å². The molecule has 0 bridgehead atoms. The van der Waals surface area contributed by atoms with Gasteiger partial charge in [-0.25, -0.2) is 9.18 Å². The molecule has 0 saturated heterocycles. The van der Waals surface area contributed by atoms with Crippen LogP contribution in [0.15, 0.2) is 18.2 Å². The quantitative estimate of drug-likeness (QED) is 0.875. The lowest BCUT2D eigenvalue weighted by molar-refractivity contribution is -0.144. The first-order valence-electron chi connectivity index (χ1n) is 5.81. The molecule has 0 fully saturated rings. The summed E-state index contributed by atoms with van der Waals surface area (Å²) in [6, 6.07) is 3.84. The summed E-state index contributed by atoms with van der Waals surface area (Å²) in [5.41, 5.74) is -1.79. The number of hydrogen-bond donors (Lipinski definition) is 2. The molecule has 0 aliphatic heterocycles. The van der Waals surface area contributed by atoms with Crippen LogP contribution >= 0.6 is 11.6 Å². The average molecular weight is 288 g/mol. The van der Waals surface area contributed by atoms with Crippen LogP contribution in [0.5, 0.6) is 0 Å². The third-order valence-corrected chi connectivity index (χ3v) is 3.12. The normalized spacial score (nSPS) is 13.7. The van der Waals surface area contributed by atoms with E-state index in [0.29, 0.717) is 6.42 Å². The second-order valence-electron chi connectivity index (χ2n) is 4.44. The Morgan fingerprint density at radius 2 is 2.11 bits per heavy atom. The summed E-state index contributed by atoms with van der Waals surface area (Å²) in [7, 11) is 0. The number of nitrogens with one attached hydrogen (secondary N) is 1. The van der Waals surface area contributed by atoms with Gasteiger partial charge in [0.05, 0.1) is 10.6 Å². The van der Waals surface area contributed by atoms with Crippen LogP contribution < -0.4 is 5.32 Å².